The molecule has 0 bridgehead atoms. The Hall–Kier alpha value is -1.43. The van der Waals surface area contributed by atoms with Crippen molar-refractivity contribution in [3.8, 4) is 0 Å². The highest BCUT2D eigenvalue weighted by atomic mass is 16.5. The zero-order valence-corrected chi connectivity index (χ0v) is 16.8. The number of Topliss-reactive ketones (excluding diaryl/α,β-unsaturated/α-hetero) is 1. The lowest BCUT2D eigenvalue weighted by molar-refractivity contribution is -0.154. The van der Waals surface area contributed by atoms with Gasteiger partial charge in [0.25, 0.3) is 0 Å². The zero-order chi connectivity index (χ0) is 20.0. The molecular weight excluding hydrogens is 336 g/mol. The van der Waals surface area contributed by atoms with Crippen LogP contribution in [-0.2, 0) is 23.9 Å². The van der Waals surface area contributed by atoms with E-state index in [1.165, 1.54) is 0 Å². The molecule has 0 rings (SSSR count). The van der Waals surface area contributed by atoms with Crippen LogP contribution in [0.15, 0.2) is 0 Å². The largest absolute Gasteiger partial charge is 0.466 e. The van der Waals surface area contributed by atoms with E-state index in [-0.39, 0.29) is 25.0 Å². The van der Waals surface area contributed by atoms with Gasteiger partial charge in [0, 0.05) is 13.0 Å². The van der Waals surface area contributed by atoms with E-state index in [1.807, 2.05) is 13.8 Å². The summed E-state index contributed by atoms with van der Waals surface area (Å²) in [7, 11) is 0. The number of aliphatic hydroxyl groups is 1. The van der Waals surface area contributed by atoms with E-state index in [4.69, 9.17) is 14.6 Å². The molecule has 0 saturated heterocycles. The van der Waals surface area contributed by atoms with E-state index in [0.29, 0.717) is 45.1 Å². The Morgan fingerprint density at radius 2 is 1.58 bits per heavy atom. The molecule has 0 heterocycles. The molecule has 1 unspecified atom stereocenters. The number of ether oxygens (including phenoxy) is 2. The summed E-state index contributed by atoms with van der Waals surface area (Å²) in [6, 6.07) is 0. The maximum atomic E-state index is 12.4. The van der Waals surface area contributed by atoms with Crippen LogP contribution in [0.2, 0.25) is 0 Å². The van der Waals surface area contributed by atoms with Crippen LogP contribution in [0.4, 0.5) is 0 Å². The number of ketones is 1. The Balaban J connectivity index is 4.48. The molecule has 1 atom stereocenters. The molecule has 6 heteroatoms. The van der Waals surface area contributed by atoms with E-state index in [1.54, 1.807) is 13.8 Å². The van der Waals surface area contributed by atoms with Gasteiger partial charge in [0.15, 0.2) is 0 Å². The van der Waals surface area contributed by atoms with Gasteiger partial charge in [-0.2, -0.15) is 0 Å². The fourth-order valence-electron chi connectivity index (χ4n) is 2.76. The van der Waals surface area contributed by atoms with Crippen LogP contribution in [0, 0.1) is 11.3 Å². The van der Waals surface area contributed by atoms with Crippen molar-refractivity contribution in [1.29, 1.82) is 0 Å². The molecule has 0 saturated carbocycles. The van der Waals surface area contributed by atoms with Gasteiger partial charge in [-0.25, -0.2) is 0 Å². The Kier molecular flexibility index (Phi) is 13.0. The lowest BCUT2D eigenvalue weighted by Crippen LogP contribution is -2.28. The second kappa shape index (κ2) is 13.7. The summed E-state index contributed by atoms with van der Waals surface area (Å²) in [6.07, 6.45) is 4.94. The van der Waals surface area contributed by atoms with Crippen molar-refractivity contribution in [1.82, 2.24) is 0 Å². The zero-order valence-electron chi connectivity index (χ0n) is 16.8. The van der Waals surface area contributed by atoms with E-state index < -0.39 is 17.3 Å². The predicted octanol–water partition coefficient (Wildman–Crippen LogP) is 3.44. The maximum absolute atomic E-state index is 12.4. The molecule has 0 radical (unpaired) electrons. The summed E-state index contributed by atoms with van der Waals surface area (Å²) in [5, 5.41) is 8.79. The third-order valence-corrected chi connectivity index (χ3v) is 4.41. The SMILES string of the molecule is CCOC(=O)C(CCCCC(C)(C)C(=O)OCC)C(=O)CCCCCO. The molecule has 0 aliphatic heterocycles. The van der Waals surface area contributed by atoms with E-state index >= 15 is 0 Å². The second-order valence-electron chi connectivity index (χ2n) is 7.16. The first-order valence-corrected chi connectivity index (χ1v) is 9.77. The Morgan fingerprint density at radius 1 is 0.923 bits per heavy atom. The Bertz CT molecular complexity index is 430. The van der Waals surface area contributed by atoms with Gasteiger partial charge in [-0.15, -0.1) is 0 Å². The molecule has 152 valence electrons. The number of hydrogen-bond donors (Lipinski definition) is 1. The Labute approximate surface area is 157 Å². The van der Waals surface area contributed by atoms with Crippen LogP contribution in [0.25, 0.3) is 0 Å². The second-order valence-corrected chi connectivity index (χ2v) is 7.16. The highest BCUT2D eigenvalue weighted by molar-refractivity contribution is 5.98. The highest BCUT2D eigenvalue weighted by Gasteiger charge is 2.30. The molecule has 0 aliphatic rings. The van der Waals surface area contributed by atoms with Gasteiger partial charge < -0.3 is 14.6 Å². The normalized spacial score (nSPS) is 12.5. The first-order valence-electron chi connectivity index (χ1n) is 9.77. The number of carbonyl (C=O) groups is 3. The Morgan fingerprint density at radius 3 is 2.15 bits per heavy atom. The first-order chi connectivity index (χ1) is 12.3. The number of carbonyl (C=O) groups excluding carboxylic acids is 3. The van der Waals surface area contributed by atoms with Crippen LogP contribution in [0.1, 0.15) is 79.1 Å². The summed E-state index contributed by atoms with van der Waals surface area (Å²) in [4.78, 5) is 36.4. The van der Waals surface area contributed by atoms with Gasteiger partial charge in [0.1, 0.15) is 11.7 Å². The molecule has 1 N–H and O–H groups in total. The van der Waals surface area contributed by atoms with Crippen LogP contribution in [0.5, 0.6) is 0 Å². The molecule has 0 aromatic heterocycles. The summed E-state index contributed by atoms with van der Waals surface area (Å²) >= 11 is 0. The molecular formula is C20H36O6. The first kappa shape index (κ1) is 24.6. The summed E-state index contributed by atoms with van der Waals surface area (Å²) < 4.78 is 10.1. The summed E-state index contributed by atoms with van der Waals surface area (Å²) in [5.74, 6) is -1.49. The molecule has 0 amide bonds. The number of aliphatic hydroxyl groups excluding tert-OH is 1. The van der Waals surface area contributed by atoms with Crippen molar-refractivity contribution in [3.63, 3.8) is 0 Å². The summed E-state index contributed by atoms with van der Waals surface area (Å²) in [6.45, 7) is 7.93. The van der Waals surface area contributed by atoms with Crippen LogP contribution >= 0.6 is 0 Å². The fourth-order valence-corrected chi connectivity index (χ4v) is 2.76. The molecule has 0 fully saturated rings. The third-order valence-electron chi connectivity index (χ3n) is 4.41. The number of hydrogen-bond acceptors (Lipinski definition) is 6. The fraction of sp³-hybridized carbons (Fsp3) is 0.850. The van der Waals surface area contributed by atoms with Gasteiger partial charge in [0.05, 0.1) is 18.6 Å². The third kappa shape index (κ3) is 9.90. The summed E-state index contributed by atoms with van der Waals surface area (Å²) in [5.41, 5.74) is -0.566. The molecule has 0 aliphatic carbocycles. The smallest absolute Gasteiger partial charge is 0.316 e. The van der Waals surface area contributed by atoms with Crippen LogP contribution in [-0.4, -0.2) is 42.6 Å². The standard InChI is InChI=1S/C20H36O6/c1-5-25-18(23)16(17(22)13-8-7-11-15-21)12-9-10-14-20(3,4)19(24)26-6-2/h16,21H,5-15H2,1-4H3. The van der Waals surface area contributed by atoms with Crippen molar-refractivity contribution in [3.05, 3.63) is 0 Å². The van der Waals surface area contributed by atoms with Crippen molar-refractivity contribution < 1.29 is 29.0 Å². The van der Waals surface area contributed by atoms with Gasteiger partial charge >= 0.3 is 11.9 Å². The van der Waals surface area contributed by atoms with E-state index in [2.05, 4.69) is 0 Å². The maximum Gasteiger partial charge on any atom is 0.316 e. The minimum atomic E-state index is -0.727. The van der Waals surface area contributed by atoms with Crippen molar-refractivity contribution in [2.45, 2.75) is 79.1 Å². The van der Waals surface area contributed by atoms with Crippen molar-refractivity contribution in [2.24, 2.45) is 11.3 Å². The van der Waals surface area contributed by atoms with Gasteiger partial charge in [-0.05, 0) is 53.4 Å². The van der Waals surface area contributed by atoms with Crippen molar-refractivity contribution in [2.75, 3.05) is 19.8 Å². The van der Waals surface area contributed by atoms with Crippen molar-refractivity contribution >= 4 is 17.7 Å². The van der Waals surface area contributed by atoms with Crippen LogP contribution < -0.4 is 0 Å². The highest BCUT2D eigenvalue weighted by Crippen LogP contribution is 2.26. The minimum absolute atomic E-state index is 0.0916. The topological polar surface area (TPSA) is 89.9 Å². The number of unbranched alkanes of at least 4 members (excludes halogenated alkanes) is 3. The number of rotatable bonds is 15. The van der Waals surface area contributed by atoms with E-state index in [9.17, 15) is 14.4 Å². The lowest BCUT2D eigenvalue weighted by atomic mass is 9.85. The minimum Gasteiger partial charge on any atom is -0.466 e. The van der Waals surface area contributed by atoms with Gasteiger partial charge in [-0.1, -0.05) is 19.3 Å². The quantitative estimate of drug-likeness (QED) is 0.269. The molecule has 0 spiro atoms. The average Bonchev–Trinajstić information content (AvgIpc) is 2.58. The van der Waals surface area contributed by atoms with Gasteiger partial charge in [-0.3, -0.25) is 14.4 Å². The average molecular weight is 373 g/mol. The van der Waals surface area contributed by atoms with Crippen LogP contribution in [0.3, 0.4) is 0 Å². The molecule has 0 aromatic carbocycles. The molecule has 6 nitrogen and oxygen atoms in total. The molecule has 26 heavy (non-hydrogen) atoms. The van der Waals surface area contributed by atoms with E-state index in [0.717, 1.165) is 12.8 Å². The predicted molar refractivity (Wildman–Crippen MR) is 99.6 cm³/mol. The number of esters is 2. The molecule has 0 aromatic rings. The monoisotopic (exact) mass is 372 g/mol. The van der Waals surface area contributed by atoms with Gasteiger partial charge in [0.2, 0.25) is 0 Å². The lowest BCUT2D eigenvalue weighted by Gasteiger charge is -2.22.